The molecule has 31 heavy (non-hydrogen) atoms. The Hall–Kier alpha value is -2.70. The van der Waals surface area contributed by atoms with Crippen LogP contribution in [0.15, 0.2) is 30.6 Å². The molecule has 2 aromatic heterocycles. The Morgan fingerprint density at radius 3 is 1.94 bits per heavy atom. The standard InChI is InChI=1S/C24H31N7/c1-17-8-12-29(13-9-17)23-24(27-21-5-3-2-4-20(21)26-23)30-14-10-18(11-15-30)22-28-25-16-31(22)19-6-7-19/h2-5,16-19H,6-15H2,1H3. The van der Waals surface area contributed by atoms with Crippen molar-refractivity contribution < 1.29 is 0 Å². The normalized spacial score (nSPS) is 21.2. The van der Waals surface area contributed by atoms with Gasteiger partial charge >= 0.3 is 0 Å². The minimum atomic E-state index is 0.493. The molecule has 3 aliphatic rings. The van der Waals surface area contributed by atoms with Crippen LogP contribution >= 0.6 is 0 Å². The van der Waals surface area contributed by atoms with Crippen LogP contribution in [-0.2, 0) is 0 Å². The van der Waals surface area contributed by atoms with Crippen LogP contribution in [0.3, 0.4) is 0 Å². The smallest absolute Gasteiger partial charge is 0.172 e. The van der Waals surface area contributed by atoms with E-state index in [-0.39, 0.29) is 0 Å². The lowest BCUT2D eigenvalue weighted by atomic mass is 9.95. The van der Waals surface area contributed by atoms with Gasteiger partial charge in [0.05, 0.1) is 11.0 Å². The highest BCUT2D eigenvalue weighted by atomic mass is 15.3. The molecule has 0 N–H and O–H groups in total. The van der Waals surface area contributed by atoms with E-state index in [0.29, 0.717) is 12.0 Å². The zero-order chi connectivity index (χ0) is 20.8. The first-order valence-corrected chi connectivity index (χ1v) is 11.9. The SMILES string of the molecule is CC1CCN(c2nc3ccccc3nc2N2CCC(c3nncn3C3CC3)CC2)CC1. The number of anilines is 2. The number of nitrogens with zero attached hydrogens (tertiary/aromatic N) is 7. The Morgan fingerprint density at radius 2 is 1.35 bits per heavy atom. The number of fused-ring (bicyclic) bond motifs is 1. The number of aromatic nitrogens is 5. The third-order valence-electron chi connectivity index (χ3n) is 7.32. The third kappa shape index (κ3) is 3.64. The second kappa shape index (κ2) is 7.77. The lowest BCUT2D eigenvalue weighted by molar-refractivity contribution is 0.435. The van der Waals surface area contributed by atoms with Crippen LogP contribution in [0.2, 0.25) is 0 Å². The zero-order valence-electron chi connectivity index (χ0n) is 18.3. The number of rotatable bonds is 4. The molecular formula is C24H31N7. The fourth-order valence-corrected chi connectivity index (χ4v) is 5.15. The molecule has 1 aromatic carbocycles. The lowest BCUT2D eigenvalue weighted by Gasteiger charge is -2.37. The first kappa shape index (κ1) is 19.0. The van der Waals surface area contributed by atoms with Gasteiger partial charge in [-0.15, -0.1) is 10.2 Å². The minimum Gasteiger partial charge on any atom is -0.354 e. The zero-order valence-corrected chi connectivity index (χ0v) is 18.3. The van der Waals surface area contributed by atoms with Crippen molar-refractivity contribution in [1.82, 2.24) is 24.7 Å². The molecule has 2 aliphatic heterocycles. The maximum atomic E-state index is 5.13. The average molecular weight is 418 g/mol. The summed E-state index contributed by atoms with van der Waals surface area (Å²) in [6.07, 6.45) is 9.12. The number of hydrogen-bond donors (Lipinski definition) is 0. The Bertz CT molecular complexity index is 1060. The van der Waals surface area contributed by atoms with E-state index < -0.39 is 0 Å². The molecule has 6 rings (SSSR count). The van der Waals surface area contributed by atoms with Gasteiger partial charge in [0.2, 0.25) is 0 Å². The van der Waals surface area contributed by atoms with E-state index in [1.165, 1.54) is 31.5 Å². The van der Waals surface area contributed by atoms with Crippen LogP contribution < -0.4 is 9.80 Å². The van der Waals surface area contributed by atoms with E-state index in [2.05, 4.69) is 55.8 Å². The van der Waals surface area contributed by atoms with Gasteiger partial charge < -0.3 is 14.4 Å². The van der Waals surface area contributed by atoms with Crippen LogP contribution in [0.1, 0.15) is 63.2 Å². The summed E-state index contributed by atoms with van der Waals surface area (Å²) in [6.45, 7) is 6.48. The Kier molecular flexibility index (Phi) is 4.77. The molecule has 7 heteroatoms. The Labute approximate surface area is 183 Å². The van der Waals surface area contributed by atoms with Crippen LogP contribution in [0.5, 0.6) is 0 Å². The number of para-hydroxylation sites is 2. The molecule has 2 saturated heterocycles. The molecule has 1 saturated carbocycles. The summed E-state index contributed by atoms with van der Waals surface area (Å²) in [5.74, 6) is 4.62. The quantitative estimate of drug-likeness (QED) is 0.635. The van der Waals surface area contributed by atoms with E-state index in [9.17, 15) is 0 Å². The second-order valence-corrected chi connectivity index (χ2v) is 9.62. The first-order chi connectivity index (χ1) is 15.3. The molecular weight excluding hydrogens is 386 g/mol. The molecule has 0 amide bonds. The minimum absolute atomic E-state index is 0.493. The van der Waals surface area contributed by atoms with Crippen molar-refractivity contribution in [3.63, 3.8) is 0 Å². The number of benzene rings is 1. The average Bonchev–Trinajstić information content (AvgIpc) is 3.55. The van der Waals surface area contributed by atoms with Crippen molar-refractivity contribution in [3.8, 4) is 0 Å². The van der Waals surface area contributed by atoms with Gasteiger partial charge in [0.1, 0.15) is 12.2 Å². The molecule has 162 valence electrons. The fourth-order valence-electron chi connectivity index (χ4n) is 5.15. The summed E-state index contributed by atoms with van der Waals surface area (Å²) in [4.78, 5) is 15.2. The molecule has 0 spiro atoms. The summed E-state index contributed by atoms with van der Waals surface area (Å²) in [5, 5.41) is 8.72. The molecule has 4 heterocycles. The molecule has 0 radical (unpaired) electrons. The van der Waals surface area contributed by atoms with Crippen molar-refractivity contribution >= 4 is 22.7 Å². The van der Waals surface area contributed by atoms with Crippen LogP contribution in [0.4, 0.5) is 11.6 Å². The third-order valence-corrected chi connectivity index (χ3v) is 7.32. The highest BCUT2D eigenvalue weighted by molar-refractivity contribution is 5.81. The van der Waals surface area contributed by atoms with Crippen molar-refractivity contribution in [1.29, 1.82) is 0 Å². The van der Waals surface area contributed by atoms with Crippen LogP contribution in [0.25, 0.3) is 11.0 Å². The summed E-state index contributed by atoms with van der Waals surface area (Å²) in [6, 6.07) is 8.92. The predicted octanol–water partition coefficient (Wildman–Crippen LogP) is 4.18. The summed E-state index contributed by atoms with van der Waals surface area (Å²) in [5.41, 5.74) is 1.98. The predicted molar refractivity (Wildman–Crippen MR) is 123 cm³/mol. The number of piperidine rings is 2. The maximum absolute atomic E-state index is 5.13. The molecule has 0 atom stereocenters. The molecule has 0 bridgehead atoms. The fraction of sp³-hybridized carbons (Fsp3) is 0.583. The van der Waals surface area contributed by atoms with Crippen molar-refractivity contribution in [2.75, 3.05) is 36.0 Å². The van der Waals surface area contributed by atoms with Gasteiger partial charge in [-0.1, -0.05) is 19.1 Å². The summed E-state index contributed by atoms with van der Waals surface area (Å²) < 4.78 is 2.33. The van der Waals surface area contributed by atoms with Gasteiger partial charge in [0, 0.05) is 38.1 Å². The van der Waals surface area contributed by atoms with Crippen molar-refractivity contribution in [3.05, 3.63) is 36.4 Å². The van der Waals surface area contributed by atoms with E-state index in [1.54, 1.807) is 0 Å². The lowest BCUT2D eigenvalue weighted by Crippen LogP contribution is -2.38. The molecule has 1 aliphatic carbocycles. The largest absolute Gasteiger partial charge is 0.354 e. The molecule has 3 fully saturated rings. The molecule has 0 unspecified atom stereocenters. The van der Waals surface area contributed by atoms with Crippen molar-refractivity contribution in [2.24, 2.45) is 5.92 Å². The van der Waals surface area contributed by atoms with Gasteiger partial charge in [0.15, 0.2) is 11.6 Å². The molecule has 7 nitrogen and oxygen atoms in total. The monoisotopic (exact) mass is 417 g/mol. The van der Waals surface area contributed by atoms with E-state index >= 15 is 0 Å². The van der Waals surface area contributed by atoms with E-state index in [4.69, 9.17) is 9.97 Å². The van der Waals surface area contributed by atoms with Gasteiger partial charge in [0.25, 0.3) is 0 Å². The number of hydrogen-bond acceptors (Lipinski definition) is 6. The van der Waals surface area contributed by atoms with Crippen LogP contribution in [0, 0.1) is 5.92 Å². The van der Waals surface area contributed by atoms with Crippen molar-refractivity contribution in [2.45, 2.75) is 57.4 Å². The topological polar surface area (TPSA) is 63.0 Å². The van der Waals surface area contributed by atoms with Gasteiger partial charge in [-0.25, -0.2) is 9.97 Å². The van der Waals surface area contributed by atoms with E-state index in [1.807, 2.05) is 6.33 Å². The summed E-state index contributed by atoms with van der Waals surface area (Å²) in [7, 11) is 0. The maximum Gasteiger partial charge on any atom is 0.172 e. The highest BCUT2D eigenvalue weighted by Gasteiger charge is 2.32. The Balaban J connectivity index is 1.27. The second-order valence-electron chi connectivity index (χ2n) is 9.62. The van der Waals surface area contributed by atoms with Crippen LogP contribution in [-0.4, -0.2) is 50.9 Å². The van der Waals surface area contributed by atoms with E-state index in [0.717, 1.165) is 67.6 Å². The first-order valence-electron chi connectivity index (χ1n) is 11.9. The Morgan fingerprint density at radius 1 is 0.774 bits per heavy atom. The van der Waals surface area contributed by atoms with Gasteiger partial charge in [-0.05, 0) is 56.6 Å². The highest BCUT2D eigenvalue weighted by Crippen LogP contribution is 2.39. The van der Waals surface area contributed by atoms with Gasteiger partial charge in [-0.2, -0.15) is 0 Å². The van der Waals surface area contributed by atoms with Gasteiger partial charge in [-0.3, -0.25) is 0 Å². The summed E-state index contributed by atoms with van der Waals surface area (Å²) >= 11 is 0. The molecule has 3 aromatic rings.